The molecule has 1 saturated heterocycles. The highest BCUT2D eigenvalue weighted by Crippen LogP contribution is 2.34. The Bertz CT molecular complexity index is 362. The van der Waals surface area contributed by atoms with E-state index in [1.807, 2.05) is 25.1 Å². The minimum Gasteiger partial charge on any atom is -0.462 e. The van der Waals surface area contributed by atoms with Gasteiger partial charge in [0, 0.05) is 11.4 Å². The monoisotopic (exact) mass is 210 g/mol. The highest BCUT2D eigenvalue weighted by atomic mass is 35.5. The van der Waals surface area contributed by atoms with E-state index in [0.29, 0.717) is 5.02 Å². The quantitative estimate of drug-likeness (QED) is 0.667. The summed E-state index contributed by atoms with van der Waals surface area (Å²) in [6, 6.07) is 7.42. The molecule has 1 aliphatic rings. The lowest BCUT2D eigenvalue weighted by Crippen LogP contribution is -2.05. The van der Waals surface area contributed by atoms with Gasteiger partial charge in [-0.25, -0.2) is 0 Å². The second kappa shape index (κ2) is 3.62. The number of cyclic esters (lactones) is 1. The van der Waals surface area contributed by atoms with Crippen molar-refractivity contribution in [3.05, 3.63) is 34.9 Å². The van der Waals surface area contributed by atoms with Gasteiger partial charge in [0.25, 0.3) is 0 Å². The SMILES string of the molecule is CC1CC(c2ccccc2Cl)C(=O)O1. The van der Waals surface area contributed by atoms with E-state index in [2.05, 4.69) is 0 Å². The minimum atomic E-state index is -0.182. The Morgan fingerprint density at radius 3 is 2.71 bits per heavy atom. The number of hydrogen-bond acceptors (Lipinski definition) is 2. The molecular weight excluding hydrogens is 200 g/mol. The maximum Gasteiger partial charge on any atom is 0.313 e. The average Bonchev–Trinajstić information content (AvgIpc) is 2.46. The number of rotatable bonds is 1. The summed E-state index contributed by atoms with van der Waals surface area (Å²) in [7, 11) is 0. The van der Waals surface area contributed by atoms with Crippen molar-refractivity contribution in [2.75, 3.05) is 0 Å². The molecule has 0 amide bonds. The molecule has 3 heteroatoms. The number of ether oxygens (including phenoxy) is 1. The van der Waals surface area contributed by atoms with E-state index in [4.69, 9.17) is 16.3 Å². The molecular formula is C11H11ClO2. The first-order valence-electron chi connectivity index (χ1n) is 4.63. The molecule has 0 bridgehead atoms. The molecule has 2 atom stereocenters. The molecule has 0 N–H and O–H groups in total. The fourth-order valence-electron chi connectivity index (χ4n) is 1.77. The first-order chi connectivity index (χ1) is 6.68. The van der Waals surface area contributed by atoms with Gasteiger partial charge in [-0.05, 0) is 18.6 Å². The van der Waals surface area contributed by atoms with E-state index >= 15 is 0 Å². The Morgan fingerprint density at radius 2 is 2.14 bits per heavy atom. The highest BCUT2D eigenvalue weighted by Gasteiger charge is 2.33. The molecule has 0 aromatic heterocycles. The lowest BCUT2D eigenvalue weighted by Gasteiger charge is -2.07. The van der Waals surface area contributed by atoms with Gasteiger partial charge in [-0.2, -0.15) is 0 Å². The van der Waals surface area contributed by atoms with E-state index in [1.54, 1.807) is 6.07 Å². The van der Waals surface area contributed by atoms with Crippen LogP contribution in [0.1, 0.15) is 24.8 Å². The fraction of sp³-hybridized carbons (Fsp3) is 0.364. The molecule has 2 unspecified atom stereocenters. The van der Waals surface area contributed by atoms with E-state index < -0.39 is 0 Å². The average molecular weight is 211 g/mol. The molecule has 74 valence electrons. The number of halogens is 1. The van der Waals surface area contributed by atoms with E-state index in [-0.39, 0.29) is 18.0 Å². The second-order valence-electron chi connectivity index (χ2n) is 3.56. The third kappa shape index (κ3) is 1.62. The lowest BCUT2D eigenvalue weighted by atomic mass is 9.96. The second-order valence-corrected chi connectivity index (χ2v) is 3.96. The van der Waals surface area contributed by atoms with Crippen LogP contribution in [-0.2, 0) is 9.53 Å². The standard InChI is InChI=1S/C11H11ClO2/c1-7-6-9(11(13)14-7)8-4-2-3-5-10(8)12/h2-5,7,9H,6H2,1H3. The van der Waals surface area contributed by atoms with Crippen LogP contribution < -0.4 is 0 Å². The van der Waals surface area contributed by atoms with Crippen LogP contribution in [0.3, 0.4) is 0 Å². The van der Waals surface area contributed by atoms with Gasteiger partial charge in [0.05, 0.1) is 5.92 Å². The first-order valence-corrected chi connectivity index (χ1v) is 5.01. The maximum absolute atomic E-state index is 11.5. The van der Waals surface area contributed by atoms with Crippen molar-refractivity contribution in [3.63, 3.8) is 0 Å². The van der Waals surface area contributed by atoms with Gasteiger partial charge in [0.15, 0.2) is 0 Å². The van der Waals surface area contributed by atoms with Gasteiger partial charge in [-0.3, -0.25) is 4.79 Å². The Labute approximate surface area is 87.8 Å². The Morgan fingerprint density at radius 1 is 1.43 bits per heavy atom. The van der Waals surface area contributed by atoms with Crippen LogP contribution in [0.2, 0.25) is 5.02 Å². The predicted octanol–water partition coefficient (Wildman–Crippen LogP) is 2.76. The largest absolute Gasteiger partial charge is 0.462 e. The summed E-state index contributed by atoms with van der Waals surface area (Å²) in [5, 5.41) is 0.642. The number of carbonyl (C=O) groups excluding carboxylic acids is 1. The number of esters is 1. The Balaban J connectivity index is 2.32. The van der Waals surface area contributed by atoms with Gasteiger partial charge in [0.2, 0.25) is 0 Å². The van der Waals surface area contributed by atoms with E-state index in [1.165, 1.54) is 0 Å². The minimum absolute atomic E-state index is 0.00349. The molecule has 14 heavy (non-hydrogen) atoms. The van der Waals surface area contributed by atoms with Gasteiger partial charge >= 0.3 is 5.97 Å². The molecule has 0 aliphatic carbocycles. The Kier molecular flexibility index (Phi) is 2.46. The van der Waals surface area contributed by atoms with Crippen molar-refractivity contribution in [2.24, 2.45) is 0 Å². The smallest absolute Gasteiger partial charge is 0.313 e. The van der Waals surface area contributed by atoms with Crippen LogP contribution in [-0.4, -0.2) is 12.1 Å². The number of carbonyl (C=O) groups is 1. The zero-order chi connectivity index (χ0) is 10.1. The van der Waals surface area contributed by atoms with Crippen LogP contribution in [0.25, 0.3) is 0 Å². The Hall–Kier alpha value is -1.02. The van der Waals surface area contributed by atoms with Crippen LogP contribution in [0.5, 0.6) is 0 Å². The van der Waals surface area contributed by atoms with E-state index in [9.17, 15) is 4.79 Å². The van der Waals surface area contributed by atoms with Crippen LogP contribution >= 0.6 is 11.6 Å². The highest BCUT2D eigenvalue weighted by molar-refractivity contribution is 6.31. The summed E-state index contributed by atoms with van der Waals surface area (Å²) < 4.78 is 5.09. The molecule has 0 saturated carbocycles. The van der Waals surface area contributed by atoms with E-state index in [0.717, 1.165) is 12.0 Å². The summed E-state index contributed by atoms with van der Waals surface area (Å²) >= 11 is 6.01. The first kappa shape index (κ1) is 9.53. The molecule has 1 aliphatic heterocycles. The summed E-state index contributed by atoms with van der Waals surface area (Å²) in [6.45, 7) is 1.90. The van der Waals surface area contributed by atoms with Crippen molar-refractivity contribution in [1.82, 2.24) is 0 Å². The maximum atomic E-state index is 11.5. The topological polar surface area (TPSA) is 26.3 Å². The van der Waals surface area contributed by atoms with Crippen LogP contribution in [0.4, 0.5) is 0 Å². The number of benzene rings is 1. The third-order valence-electron chi connectivity index (χ3n) is 2.45. The summed E-state index contributed by atoms with van der Waals surface area (Å²) in [6.07, 6.45) is 0.728. The van der Waals surface area contributed by atoms with Crippen molar-refractivity contribution < 1.29 is 9.53 Å². The van der Waals surface area contributed by atoms with Gasteiger partial charge in [0.1, 0.15) is 6.10 Å². The normalized spacial score (nSPS) is 26.3. The van der Waals surface area contributed by atoms with Crippen molar-refractivity contribution in [3.8, 4) is 0 Å². The van der Waals surface area contributed by atoms with Gasteiger partial charge < -0.3 is 4.74 Å². The van der Waals surface area contributed by atoms with Crippen molar-refractivity contribution in [1.29, 1.82) is 0 Å². The molecule has 0 spiro atoms. The predicted molar refractivity (Wildman–Crippen MR) is 54.4 cm³/mol. The lowest BCUT2D eigenvalue weighted by molar-refractivity contribution is -0.141. The van der Waals surface area contributed by atoms with Crippen LogP contribution in [0, 0.1) is 0 Å². The van der Waals surface area contributed by atoms with Crippen molar-refractivity contribution >= 4 is 17.6 Å². The zero-order valence-corrected chi connectivity index (χ0v) is 8.62. The molecule has 1 aromatic rings. The zero-order valence-electron chi connectivity index (χ0n) is 7.87. The number of hydrogen-bond donors (Lipinski definition) is 0. The molecule has 2 rings (SSSR count). The fourth-order valence-corrected chi connectivity index (χ4v) is 2.04. The van der Waals surface area contributed by atoms with Crippen LogP contribution in [0.15, 0.2) is 24.3 Å². The molecule has 0 radical (unpaired) electrons. The summed E-state index contributed by atoms with van der Waals surface area (Å²) in [5.41, 5.74) is 0.878. The summed E-state index contributed by atoms with van der Waals surface area (Å²) in [4.78, 5) is 11.5. The van der Waals surface area contributed by atoms with Gasteiger partial charge in [-0.15, -0.1) is 0 Å². The summed E-state index contributed by atoms with van der Waals surface area (Å²) in [5.74, 6) is -0.343. The van der Waals surface area contributed by atoms with Crippen molar-refractivity contribution in [2.45, 2.75) is 25.4 Å². The molecule has 1 fully saturated rings. The molecule has 1 aromatic carbocycles. The molecule has 2 nitrogen and oxygen atoms in total. The molecule has 1 heterocycles. The third-order valence-corrected chi connectivity index (χ3v) is 2.79. The van der Waals surface area contributed by atoms with Gasteiger partial charge in [-0.1, -0.05) is 29.8 Å².